The molecule has 1 aliphatic rings. The van der Waals surface area contributed by atoms with E-state index in [2.05, 4.69) is 41.8 Å². The molecule has 0 saturated carbocycles. The minimum atomic E-state index is -0.0336. The molecule has 3 rings (SSSR count). The molecule has 25 heavy (non-hydrogen) atoms. The molecule has 1 unspecified atom stereocenters. The number of hydrogen-bond donors (Lipinski definition) is 2. The highest BCUT2D eigenvalue weighted by Crippen LogP contribution is 2.23. The normalized spacial score (nSPS) is 16.0. The van der Waals surface area contributed by atoms with Gasteiger partial charge in [0.15, 0.2) is 0 Å². The molecule has 130 valence electrons. The van der Waals surface area contributed by atoms with E-state index in [4.69, 9.17) is 0 Å². The van der Waals surface area contributed by atoms with Gasteiger partial charge in [0, 0.05) is 31.0 Å². The lowest BCUT2D eigenvalue weighted by Crippen LogP contribution is -2.40. The SMILES string of the molecule is CCc1ccc(CCC(=O)NCC2CNC(=O)c3ccccc32)cc1. The summed E-state index contributed by atoms with van der Waals surface area (Å²) in [4.78, 5) is 24.0. The van der Waals surface area contributed by atoms with Gasteiger partial charge < -0.3 is 10.6 Å². The van der Waals surface area contributed by atoms with Gasteiger partial charge in [-0.3, -0.25) is 9.59 Å². The molecule has 2 aromatic carbocycles. The van der Waals surface area contributed by atoms with Crippen LogP contribution in [-0.4, -0.2) is 24.9 Å². The van der Waals surface area contributed by atoms with Crippen molar-refractivity contribution in [1.29, 1.82) is 0 Å². The van der Waals surface area contributed by atoms with Gasteiger partial charge in [0.25, 0.3) is 5.91 Å². The summed E-state index contributed by atoms with van der Waals surface area (Å²) < 4.78 is 0. The van der Waals surface area contributed by atoms with Crippen molar-refractivity contribution in [2.45, 2.75) is 32.1 Å². The summed E-state index contributed by atoms with van der Waals surface area (Å²) in [5.41, 5.74) is 4.22. The first-order chi connectivity index (χ1) is 12.2. The van der Waals surface area contributed by atoms with Crippen molar-refractivity contribution in [3.63, 3.8) is 0 Å². The highest BCUT2D eigenvalue weighted by Gasteiger charge is 2.24. The van der Waals surface area contributed by atoms with Crippen LogP contribution in [0.2, 0.25) is 0 Å². The lowest BCUT2D eigenvalue weighted by atomic mass is 9.90. The van der Waals surface area contributed by atoms with E-state index in [1.165, 1.54) is 11.1 Å². The molecular formula is C21H24N2O2. The van der Waals surface area contributed by atoms with Crippen molar-refractivity contribution in [1.82, 2.24) is 10.6 Å². The molecule has 0 aromatic heterocycles. The number of carbonyl (C=O) groups excluding carboxylic acids is 2. The molecule has 1 aliphatic heterocycles. The topological polar surface area (TPSA) is 58.2 Å². The second-order valence-corrected chi connectivity index (χ2v) is 6.47. The molecule has 0 aliphatic carbocycles. The maximum absolute atomic E-state index is 12.2. The van der Waals surface area contributed by atoms with Gasteiger partial charge in [-0.2, -0.15) is 0 Å². The number of benzene rings is 2. The highest BCUT2D eigenvalue weighted by molar-refractivity contribution is 5.97. The lowest BCUT2D eigenvalue weighted by molar-refractivity contribution is -0.121. The predicted molar refractivity (Wildman–Crippen MR) is 98.7 cm³/mol. The van der Waals surface area contributed by atoms with Gasteiger partial charge in [-0.05, 0) is 35.6 Å². The van der Waals surface area contributed by atoms with E-state index >= 15 is 0 Å². The van der Waals surface area contributed by atoms with Crippen LogP contribution in [0.25, 0.3) is 0 Å². The Kier molecular flexibility index (Phi) is 5.49. The minimum Gasteiger partial charge on any atom is -0.355 e. The minimum absolute atomic E-state index is 0.0336. The van der Waals surface area contributed by atoms with Gasteiger partial charge >= 0.3 is 0 Å². The molecule has 2 N–H and O–H groups in total. The third-order valence-corrected chi connectivity index (χ3v) is 4.77. The van der Waals surface area contributed by atoms with Crippen molar-refractivity contribution in [2.24, 2.45) is 0 Å². The molecule has 0 radical (unpaired) electrons. The zero-order valence-electron chi connectivity index (χ0n) is 14.5. The van der Waals surface area contributed by atoms with E-state index in [0.717, 1.165) is 18.4 Å². The second kappa shape index (κ2) is 7.97. The van der Waals surface area contributed by atoms with Gasteiger partial charge in [0.1, 0.15) is 0 Å². The summed E-state index contributed by atoms with van der Waals surface area (Å²) in [6, 6.07) is 16.0. The Hall–Kier alpha value is -2.62. The average molecular weight is 336 g/mol. The molecule has 2 aromatic rings. The van der Waals surface area contributed by atoms with Crippen LogP contribution in [0, 0.1) is 0 Å². The molecular weight excluding hydrogens is 312 g/mol. The number of fused-ring (bicyclic) bond motifs is 1. The Morgan fingerprint density at radius 2 is 1.84 bits per heavy atom. The van der Waals surface area contributed by atoms with Gasteiger partial charge in [-0.15, -0.1) is 0 Å². The lowest BCUT2D eigenvalue weighted by Gasteiger charge is -2.25. The average Bonchev–Trinajstić information content (AvgIpc) is 2.66. The molecule has 0 fully saturated rings. The maximum Gasteiger partial charge on any atom is 0.251 e. The van der Waals surface area contributed by atoms with Gasteiger partial charge in [-0.1, -0.05) is 49.4 Å². The summed E-state index contributed by atoms with van der Waals surface area (Å²) >= 11 is 0. The Balaban J connectivity index is 1.51. The van der Waals surface area contributed by atoms with Crippen molar-refractivity contribution >= 4 is 11.8 Å². The predicted octanol–water partition coefficient (Wildman–Crippen LogP) is 2.83. The molecule has 2 amide bonds. The van der Waals surface area contributed by atoms with Gasteiger partial charge in [-0.25, -0.2) is 0 Å². The van der Waals surface area contributed by atoms with E-state index in [1.807, 2.05) is 24.3 Å². The molecule has 0 spiro atoms. The fourth-order valence-electron chi connectivity index (χ4n) is 3.19. The third-order valence-electron chi connectivity index (χ3n) is 4.77. The van der Waals surface area contributed by atoms with E-state index in [9.17, 15) is 9.59 Å². The number of carbonyl (C=O) groups is 2. The smallest absolute Gasteiger partial charge is 0.251 e. The zero-order chi connectivity index (χ0) is 17.6. The van der Waals surface area contributed by atoms with Crippen LogP contribution in [-0.2, 0) is 17.6 Å². The second-order valence-electron chi connectivity index (χ2n) is 6.47. The van der Waals surface area contributed by atoms with Crippen LogP contribution in [0.1, 0.15) is 46.3 Å². The van der Waals surface area contributed by atoms with E-state index in [-0.39, 0.29) is 17.7 Å². The standard InChI is InChI=1S/C21H24N2O2/c1-2-15-7-9-16(10-8-15)11-12-20(24)22-13-17-14-23-21(25)19-6-4-3-5-18(17)19/h3-10,17H,2,11-14H2,1H3,(H,22,24)(H,23,25). The quantitative estimate of drug-likeness (QED) is 0.852. The number of amides is 2. The Bertz CT molecular complexity index is 753. The van der Waals surface area contributed by atoms with Crippen LogP contribution in [0.5, 0.6) is 0 Å². The highest BCUT2D eigenvalue weighted by atomic mass is 16.2. The summed E-state index contributed by atoms with van der Waals surface area (Å²) in [5, 5.41) is 5.90. The van der Waals surface area contributed by atoms with Crippen molar-refractivity contribution in [3.8, 4) is 0 Å². The largest absolute Gasteiger partial charge is 0.355 e. The molecule has 4 heteroatoms. The van der Waals surface area contributed by atoms with E-state index in [0.29, 0.717) is 25.1 Å². The van der Waals surface area contributed by atoms with E-state index in [1.54, 1.807) is 0 Å². The van der Waals surface area contributed by atoms with Gasteiger partial charge in [0.05, 0.1) is 0 Å². The summed E-state index contributed by atoms with van der Waals surface area (Å²) in [7, 11) is 0. The first kappa shape index (κ1) is 17.2. The molecule has 4 nitrogen and oxygen atoms in total. The number of rotatable bonds is 6. The summed E-state index contributed by atoms with van der Waals surface area (Å²) in [6.07, 6.45) is 2.25. The molecule has 1 atom stereocenters. The first-order valence-corrected chi connectivity index (χ1v) is 8.89. The fourth-order valence-corrected chi connectivity index (χ4v) is 3.19. The summed E-state index contributed by atoms with van der Waals surface area (Å²) in [6.45, 7) is 3.24. The zero-order valence-corrected chi connectivity index (χ0v) is 14.5. The Morgan fingerprint density at radius 1 is 1.12 bits per heavy atom. The summed E-state index contributed by atoms with van der Waals surface area (Å²) in [5.74, 6) is 0.143. The monoisotopic (exact) mass is 336 g/mol. The maximum atomic E-state index is 12.2. The molecule has 0 saturated heterocycles. The van der Waals surface area contributed by atoms with Crippen LogP contribution >= 0.6 is 0 Å². The van der Waals surface area contributed by atoms with Crippen molar-refractivity contribution < 1.29 is 9.59 Å². The number of hydrogen-bond acceptors (Lipinski definition) is 2. The van der Waals surface area contributed by atoms with Crippen molar-refractivity contribution in [3.05, 3.63) is 70.8 Å². The van der Waals surface area contributed by atoms with Crippen LogP contribution in [0.4, 0.5) is 0 Å². The van der Waals surface area contributed by atoms with Crippen LogP contribution in [0.3, 0.4) is 0 Å². The molecule has 0 bridgehead atoms. The number of nitrogens with one attached hydrogen (secondary N) is 2. The third kappa shape index (κ3) is 4.27. The van der Waals surface area contributed by atoms with Crippen LogP contribution in [0.15, 0.2) is 48.5 Å². The Labute approximate surface area is 148 Å². The van der Waals surface area contributed by atoms with Crippen LogP contribution < -0.4 is 10.6 Å². The Morgan fingerprint density at radius 3 is 2.60 bits per heavy atom. The first-order valence-electron chi connectivity index (χ1n) is 8.89. The fraction of sp³-hybridized carbons (Fsp3) is 0.333. The molecule has 1 heterocycles. The van der Waals surface area contributed by atoms with E-state index < -0.39 is 0 Å². The van der Waals surface area contributed by atoms with Gasteiger partial charge in [0.2, 0.25) is 5.91 Å². The number of aryl methyl sites for hydroxylation is 2. The van der Waals surface area contributed by atoms with Crippen molar-refractivity contribution in [2.75, 3.05) is 13.1 Å².